The van der Waals surface area contributed by atoms with Gasteiger partial charge in [-0.15, -0.1) is 11.6 Å². The van der Waals surface area contributed by atoms with Crippen molar-refractivity contribution in [2.24, 2.45) is 0 Å². The minimum absolute atomic E-state index is 0.00104. The molecule has 0 aromatic heterocycles. The first-order chi connectivity index (χ1) is 8.29. The van der Waals surface area contributed by atoms with Crippen LogP contribution in [0.25, 0.3) is 6.08 Å². The summed E-state index contributed by atoms with van der Waals surface area (Å²) in [5, 5.41) is 0. The first kappa shape index (κ1) is 12.0. The van der Waals surface area contributed by atoms with Gasteiger partial charge in [0.15, 0.2) is 17.3 Å². The Kier molecular flexibility index (Phi) is 4.04. The average molecular weight is 253 g/mol. The number of fused-ring (bicyclic) bond motifs is 1. The molecule has 0 bridgehead atoms. The van der Waals surface area contributed by atoms with Gasteiger partial charge in [-0.05, 0) is 23.8 Å². The Morgan fingerprint density at radius 2 is 2.06 bits per heavy atom. The van der Waals surface area contributed by atoms with Crippen molar-refractivity contribution in [1.82, 2.24) is 0 Å². The Morgan fingerprint density at radius 1 is 1.29 bits per heavy atom. The zero-order valence-corrected chi connectivity index (χ0v) is 10.1. The monoisotopic (exact) mass is 252 g/mol. The highest BCUT2D eigenvalue weighted by atomic mass is 35.5. The van der Waals surface area contributed by atoms with Gasteiger partial charge >= 0.3 is 0 Å². The van der Waals surface area contributed by atoms with Gasteiger partial charge in [-0.3, -0.25) is 4.79 Å². The van der Waals surface area contributed by atoms with Gasteiger partial charge in [0, 0.05) is 6.42 Å². The van der Waals surface area contributed by atoms with Crippen molar-refractivity contribution in [1.29, 1.82) is 0 Å². The number of ketones is 1. The topological polar surface area (TPSA) is 35.5 Å². The van der Waals surface area contributed by atoms with Crippen LogP contribution in [-0.2, 0) is 4.79 Å². The number of allylic oxidation sites excluding steroid dienone is 1. The van der Waals surface area contributed by atoms with Crippen molar-refractivity contribution in [3.8, 4) is 11.5 Å². The predicted octanol–water partition coefficient (Wildman–Crippen LogP) is 2.67. The lowest BCUT2D eigenvalue weighted by Crippen LogP contribution is -1.97. The number of benzene rings is 1. The van der Waals surface area contributed by atoms with Gasteiger partial charge in [0.1, 0.15) is 0 Å². The SMILES string of the molecule is O=C(C=Cc1ccc2c(c1)OCCCO2)CCl. The van der Waals surface area contributed by atoms with Crippen molar-refractivity contribution in [2.75, 3.05) is 19.1 Å². The number of hydrogen-bond donors (Lipinski definition) is 0. The summed E-state index contributed by atoms with van der Waals surface area (Å²) in [6.07, 6.45) is 4.07. The van der Waals surface area contributed by atoms with Crippen LogP contribution in [0.2, 0.25) is 0 Å². The Morgan fingerprint density at radius 3 is 2.82 bits per heavy atom. The summed E-state index contributed by atoms with van der Waals surface area (Å²) >= 11 is 5.41. The number of rotatable bonds is 3. The lowest BCUT2D eigenvalue weighted by atomic mass is 10.2. The molecule has 4 heteroatoms. The van der Waals surface area contributed by atoms with E-state index in [1.807, 2.05) is 18.2 Å². The Hall–Kier alpha value is -1.48. The van der Waals surface area contributed by atoms with Crippen molar-refractivity contribution in [3.05, 3.63) is 29.8 Å². The molecule has 0 aliphatic carbocycles. The molecule has 1 aliphatic heterocycles. The van der Waals surface area contributed by atoms with Gasteiger partial charge in [0.25, 0.3) is 0 Å². The summed E-state index contributed by atoms with van der Waals surface area (Å²) in [6, 6.07) is 5.59. The fraction of sp³-hybridized carbons (Fsp3) is 0.308. The van der Waals surface area contributed by atoms with E-state index in [0.717, 1.165) is 23.5 Å². The Balaban J connectivity index is 2.18. The maximum absolute atomic E-state index is 11.1. The third kappa shape index (κ3) is 3.24. The molecule has 1 aromatic carbocycles. The summed E-state index contributed by atoms with van der Waals surface area (Å²) < 4.78 is 11.1. The maximum atomic E-state index is 11.1. The third-order valence-corrected chi connectivity index (χ3v) is 2.63. The molecule has 1 aromatic rings. The molecule has 90 valence electrons. The van der Waals surface area contributed by atoms with Crippen LogP contribution in [-0.4, -0.2) is 24.9 Å². The lowest BCUT2D eigenvalue weighted by Gasteiger charge is -2.07. The van der Waals surface area contributed by atoms with E-state index in [4.69, 9.17) is 21.1 Å². The lowest BCUT2D eigenvalue weighted by molar-refractivity contribution is -0.112. The second-order valence-electron chi connectivity index (χ2n) is 3.69. The van der Waals surface area contributed by atoms with Crippen LogP contribution >= 0.6 is 11.6 Å². The predicted molar refractivity (Wildman–Crippen MR) is 66.8 cm³/mol. The van der Waals surface area contributed by atoms with E-state index in [2.05, 4.69) is 0 Å². The quantitative estimate of drug-likeness (QED) is 0.613. The van der Waals surface area contributed by atoms with Crippen LogP contribution in [0.4, 0.5) is 0 Å². The van der Waals surface area contributed by atoms with E-state index in [1.165, 1.54) is 6.08 Å². The fourth-order valence-corrected chi connectivity index (χ4v) is 1.61. The van der Waals surface area contributed by atoms with E-state index in [9.17, 15) is 4.79 Å². The number of halogens is 1. The van der Waals surface area contributed by atoms with Crippen molar-refractivity contribution in [2.45, 2.75) is 6.42 Å². The number of ether oxygens (including phenoxy) is 2. The number of alkyl halides is 1. The van der Waals surface area contributed by atoms with E-state index in [-0.39, 0.29) is 11.7 Å². The molecule has 3 nitrogen and oxygen atoms in total. The molecule has 0 saturated carbocycles. The molecule has 0 saturated heterocycles. The molecule has 0 radical (unpaired) electrons. The standard InChI is InChI=1S/C13H13ClO3/c14-9-11(15)4-2-10-3-5-12-13(8-10)17-7-1-6-16-12/h2-5,8H,1,6-7,9H2. The molecule has 2 rings (SSSR count). The van der Waals surface area contributed by atoms with E-state index < -0.39 is 0 Å². The van der Waals surface area contributed by atoms with Gasteiger partial charge in [-0.1, -0.05) is 12.1 Å². The molecular weight excluding hydrogens is 240 g/mol. The molecule has 0 N–H and O–H groups in total. The summed E-state index contributed by atoms with van der Waals surface area (Å²) in [6.45, 7) is 1.33. The van der Waals surface area contributed by atoms with E-state index >= 15 is 0 Å². The highest BCUT2D eigenvalue weighted by Crippen LogP contribution is 2.30. The minimum atomic E-state index is -0.112. The second-order valence-corrected chi connectivity index (χ2v) is 3.96. The van der Waals surface area contributed by atoms with Crippen molar-refractivity contribution in [3.63, 3.8) is 0 Å². The fourth-order valence-electron chi connectivity index (χ4n) is 1.52. The number of hydrogen-bond acceptors (Lipinski definition) is 3. The molecule has 0 unspecified atom stereocenters. The maximum Gasteiger partial charge on any atom is 0.170 e. The first-order valence-corrected chi connectivity index (χ1v) is 5.99. The zero-order valence-electron chi connectivity index (χ0n) is 9.32. The smallest absolute Gasteiger partial charge is 0.170 e. The highest BCUT2D eigenvalue weighted by molar-refractivity contribution is 6.29. The average Bonchev–Trinajstić information content (AvgIpc) is 2.60. The Bertz CT molecular complexity index is 440. The molecule has 0 spiro atoms. The third-order valence-electron chi connectivity index (χ3n) is 2.36. The summed E-state index contributed by atoms with van der Waals surface area (Å²) in [4.78, 5) is 11.1. The summed E-state index contributed by atoms with van der Waals surface area (Å²) in [5.41, 5.74) is 0.896. The van der Waals surface area contributed by atoms with Crippen molar-refractivity contribution >= 4 is 23.5 Å². The molecule has 0 atom stereocenters. The Labute approximate surface area is 105 Å². The number of carbonyl (C=O) groups is 1. The summed E-state index contributed by atoms with van der Waals surface area (Å²) in [5.74, 6) is 1.37. The van der Waals surface area contributed by atoms with Gasteiger partial charge in [0.05, 0.1) is 19.1 Å². The summed E-state index contributed by atoms with van der Waals surface area (Å²) in [7, 11) is 0. The minimum Gasteiger partial charge on any atom is -0.490 e. The van der Waals surface area contributed by atoms with Gasteiger partial charge in [0.2, 0.25) is 0 Å². The molecule has 0 fully saturated rings. The zero-order chi connectivity index (χ0) is 12.1. The molecule has 1 heterocycles. The molecule has 17 heavy (non-hydrogen) atoms. The largest absolute Gasteiger partial charge is 0.490 e. The van der Waals surface area contributed by atoms with Crippen LogP contribution in [0.5, 0.6) is 11.5 Å². The van der Waals surface area contributed by atoms with Crippen LogP contribution in [0.1, 0.15) is 12.0 Å². The van der Waals surface area contributed by atoms with Crippen LogP contribution in [0.3, 0.4) is 0 Å². The molecule has 0 amide bonds. The number of carbonyl (C=O) groups excluding carboxylic acids is 1. The van der Waals surface area contributed by atoms with Crippen LogP contribution in [0, 0.1) is 0 Å². The van der Waals surface area contributed by atoms with Gasteiger partial charge in [-0.2, -0.15) is 0 Å². The first-order valence-electron chi connectivity index (χ1n) is 5.46. The molecular formula is C13H13ClO3. The normalized spacial score (nSPS) is 14.6. The van der Waals surface area contributed by atoms with Crippen LogP contribution < -0.4 is 9.47 Å². The second kappa shape index (κ2) is 5.73. The van der Waals surface area contributed by atoms with Crippen molar-refractivity contribution < 1.29 is 14.3 Å². The van der Waals surface area contributed by atoms with Gasteiger partial charge in [-0.25, -0.2) is 0 Å². The van der Waals surface area contributed by atoms with Crippen LogP contribution in [0.15, 0.2) is 24.3 Å². The highest BCUT2D eigenvalue weighted by Gasteiger charge is 2.09. The van der Waals surface area contributed by atoms with E-state index in [0.29, 0.717) is 13.2 Å². The molecule has 1 aliphatic rings. The van der Waals surface area contributed by atoms with Gasteiger partial charge < -0.3 is 9.47 Å². The van der Waals surface area contributed by atoms with E-state index in [1.54, 1.807) is 6.08 Å².